The van der Waals surface area contributed by atoms with Gasteiger partial charge in [0.1, 0.15) is 11.7 Å². The number of Topliss-reactive ketones (excluding diaryl/α,β-unsaturated/α-hetero) is 1. The summed E-state index contributed by atoms with van der Waals surface area (Å²) >= 11 is 5.99. The van der Waals surface area contributed by atoms with Gasteiger partial charge in [0.25, 0.3) is 0 Å². The average Bonchev–Trinajstić information content (AvgIpc) is 2.37. The first-order chi connectivity index (χ1) is 9.45. The molecule has 1 aromatic carbocycles. The lowest BCUT2D eigenvalue weighted by molar-refractivity contribution is -0.114. The molecule has 1 aliphatic heterocycles. The van der Waals surface area contributed by atoms with Gasteiger partial charge in [-0.25, -0.2) is 0 Å². The summed E-state index contributed by atoms with van der Waals surface area (Å²) in [5.74, 6) is -1.27. The van der Waals surface area contributed by atoms with Gasteiger partial charge in [-0.05, 0) is 31.5 Å². The van der Waals surface area contributed by atoms with E-state index in [4.69, 9.17) is 21.7 Å². The van der Waals surface area contributed by atoms with E-state index in [0.29, 0.717) is 16.4 Å². The van der Waals surface area contributed by atoms with Crippen molar-refractivity contribution >= 4 is 23.3 Å². The first-order valence-corrected chi connectivity index (χ1v) is 6.46. The molecule has 2 rings (SSSR count). The van der Waals surface area contributed by atoms with E-state index in [1.54, 1.807) is 31.2 Å². The van der Waals surface area contributed by atoms with Crippen molar-refractivity contribution in [2.24, 2.45) is 5.92 Å². The molecule has 0 spiro atoms. The number of carbonyl (C=O) groups is 1. The van der Waals surface area contributed by atoms with Crippen LogP contribution in [0, 0.1) is 22.7 Å². The van der Waals surface area contributed by atoms with Gasteiger partial charge < -0.3 is 4.74 Å². The molecule has 0 saturated heterocycles. The smallest absolute Gasteiger partial charge is 0.205 e. The van der Waals surface area contributed by atoms with E-state index < -0.39 is 11.8 Å². The van der Waals surface area contributed by atoms with Crippen LogP contribution in [-0.2, 0) is 9.53 Å². The lowest BCUT2D eigenvalue weighted by atomic mass is 9.77. The van der Waals surface area contributed by atoms with Crippen molar-refractivity contribution in [1.82, 2.24) is 0 Å². The minimum absolute atomic E-state index is 0.139. The van der Waals surface area contributed by atoms with Crippen LogP contribution in [0.1, 0.15) is 25.3 Å². The van der Waals surface area contributed by atoms with E-state index in [0.717, 1.165) is 5.56 Å². The largest absolute Gasteiger partial charge is 0.446 e. The van der Waals surface area contributed by atoms with Gasteiger partial charge in [0.15, 0.2) is 5.78 Å². The van der Waals surface area contributed by atoms with E-state index in [1.165, 1.54) is 6.92 Å². The van der Waals surface area contributed by atoms with Crippen LogP contribution >= 0.6 is 11.6 Å². The molecule has 2 atom stereocenters. The van der Waals surface area contributed by atoms with Crippen molar-refractivity contribution in [3.05, 3.63) is 46.2 Å². The van der Waals surface area contributed by atoms with Gasteiger partial charge in [0, 0.05) is 16.5 Å². The Kier molecular flexibility index (Phi) is 3.91. The Hall–Kier alpha value is -2.12. The maximum absolute atomic E-state index is 11.9. The summed E-state index contributed by atoms with van der Waals surface area (Å²) in [5, 5.41) is 17.7. The second-order valence-corrected chi connectivity index (χ2v) is 5.07. The number of nitrogens with one attached hydrogen (secondary N) is 1. The summed E-state index contributed by atoms with van der Waals surface area (Å²) in [6.07, 6.45) is 0. The monoisotopic (exact) mass is 288 g/mol. The topological polar surface area (TPSA) is 73.9 Å². The number of hydrogen-bond donors (Lipinski definition) is 1. The molecule has 1 heterocycles. The third-order valence-corrected chi connectivity index (χ3v) is 3.53. The quantitative estimate of drug-likeness (QED) is 0.906. The van der Waals surface area contributed by atoms with Crippen molar-refractivity contribution in [3.8, 4) is 6.07 Å². The molecule has 0 radical (unpaired) electrons. The van der Waals surface area contributed by atoms with Crippen molar-refractivity contribution in [2.45, 2.75) is 19.8 Å². The van der Waals surface area contributed by atoms with Gasteiger partial charge >= 0.3 is 0 Å². The summed E-state index contributed by atoms with van der Waals surface area (Å²) in [6, 6.07) is 9.05. The minimum atomic E-state index is -0.823. The molecule has 102 valence electrons. The molecule has 0 fully saturated rings. The molecule has 4 nitrogen and oxygen atoms in total. The maximum atomic E-state index is 11.9. The first-order valence-electron chi connectivity index (χ1n) is 6.08. The molecule has 1 aliphatic rings. The zero-order valence-electron chi connectivity index (χ0n) is 11.1. The molecule has 2 unspecified atom stereocenters. The number of ketones is 1. The number of nitriles is 1. The van der Waals surface area contributed by atoms with Crippen LogP contribution in [0.2, 0.25) is 5.02 Å². The van der Waals surface area contributed by atoms with Gasteiger partial charge in [-0.1, -0.05) is 23.7 Å². The minimum Gasteiger partial charge on any atom is -0.446 e. The highest BCUT2D eigenvalue weighted by molar-refractivity contribution is 6.30. The van der Waals surface area contributed by atoms with E-state index in [9.17, 15) is 10.1 Å². The molecule has 1 aromatic rings. The highest BCUT2D eigenvalue weighted by Crippen LogP contribution is 2.39. The molecule has 0 aliphatic carbocycles. The second kappa shape index (κ2) is 5.48. The fourth-order valence-corrected chi connectivity index (χ4v) is 2.68. The predicted octanol–water partition coefficient (Wildman–Crippen LogP) is 3.43. The van der Waals surface area contributed by atoms with Crippen molar-refractivity contribution in [2.75, 3.05) is 0 Å². The van der Waals surface area contributed by atoms with Crippen LogP contribution in [0.15, 0.2) is 35.6 Å². The first kappa shape index (κ1) is 14.3. The van der Waals surface area contributed by atoms with Crippen LogP contribution in [0.4, 0.5) is 0 Å². The van der Waals surface area contributed by atoms with E-state index in [2.05, 4.69) is 0 Å². The summed E-state index contributed by atoms with van der Waals surface area (Å²) in [6.45, 7) is 3.07. The lowest BCUT2D eigenvalue weighted by Crippen LogP contribution is -2.31. The Morgan fingerprint density at radius 2 is 2.20 bits per heavy atom. The van der Waals surface area contributed by atoms with Crippen LogP contribution in [0.5, 0.6) is 0 Å². The Bertz CT molecular complexity index is 658. The number of allylic oxidation sites excluding steroid dienone is 2. The molecule has 20 heavy (non-hydrogen) atoms. The lowest BCUT2D eigenvalue weighted by Gasteiger charge is -2.30. The van der Waals surface area contributed by atoms with Crippen LogP contribution < -0.4 is 0 Å². The van der Waals surface area contributed by atoms with Crippen molar-refractivity contribution < 1.29 is 9.53 Å². The summed E-state index contributed by atoms with van der Waals surface area (Å²) in [5.41, 5.74) is 1.16. The summed E-state index contributed by atoms with van der Waals surface area (Å²) in [7, 11) is 0. The molecule has 0 saturated carbocycles. The zero-order chi connectivity index (χ0) is 14.9. The van der Waals surface area contributed by atoms with E-state index in [-0.39, 0.29) is 11.7 Å². The SMILES string of the molecule is CC(=O)C1=C(C)OC(=N)C(C#N)C1c1cccc(Cl)c1. The molecule has 5 heteroatoms. The summed E-state index contributed by atoms with van der Waals surface area (Å²) in [4.78, 5) is 11.9. The third kappa shape index (κ3) is 2.45. The van der Waals surface area contributed by atoms with Gasteiger partial charge in [-0.3, -0.25) is 10.2 Å². The molecular formula is C15H13ClN2O2. The van der Waals surface area contributed by atoms with Gasteiger partial charge in [0.05, 0.1) is 6.07 Å². The highest BCUT2D eigenvalue weighted by Gasteiger charge is 2.39. The number of hydrogen-bond acceptors (Lipinski definition) is 4. The molecule has 0 aromatic heterocycles. The number of rotatable bonds is 2. The predicted molar refractivity (Wildman–Crippen MR) is 75.5 cm³/mol. The Morgan fingerprint density at radius 1 is 1.50 bits per heavy atom. The Labute approximate surface area is 122 Å². The van der Waals surface area contributed by atoms with Crippen LogP contribution in [0.3, 0.4) is 0 Å². The number of ether oxygens (including phenoxy) is 1. The standard InChI is InChI=1S/C15H13ClN2O2/c1-8(19)13-9(2)20-15(18)12(7-17)14(13)10-4-3-5-11(16)6-10/h3-6,12,14,18H,1-2H3. The number of benzene rings is 1. The molecule has 0 amide bonds. The van der Waals surface area contributed by atoms with Crippen LogP contribution in [0.25, 0.3) is 0 Å². The van der Waals surface area contributed by atoms with Crippen LogP contribution in [-0.4, -0.2) is 11.7 Å². The van der Waals surface area contributed by atoms with E-state index in [1.807, 2.05) is 6.07 Å². The van der Waals surface area contributed by atoms with Gasteiger partial charge in [-0.2, -0.15) is 5.26 Å². The Balaban J connectivity index is 2.65. The fourth-order valence-electron chi connectivity index (χ4n) is 2.48. The maximum Gasteiger partial charge on any atom is 0.205 e. The fraction of sp³-hybridized carbons (Fsp3) is 0.267. The number of halogens is 1. The van der Waals surface area contributed by atoms with Gasteiger partial charge in [0.2, 0.25) is 5.90 Å². The molecule has 0 bridgehead atoms. The number of nitrogens with zero attached hydrogens (tertiary/aromatic N) is 1. The number of carbonyl (C=O) groups excluding carboxylic acids is 1. The molecular weight excluding hydrogens is 276 g/mol. The average molecular weight is 289 g/mol. The van der Waals surface area contributed by atoms with E-state index >= 15 is 0 Å². The normalized spacial score (nSPS) is 22.2. The third-order valence-electron chi connectivity index (χ3n) is 3.30. The Morgan fingerprint density at radius 3 is 2.75 bits per heavy atom. The highest BCUT2D eigenvalue weighted by atomic mass is 35.5. The van der Waals surface area contributed by atoms with Crippen molar-refractivity contribution in [1.29, 1.82) is 10.7 Å². The second-order valence-electron chi connectivity index (χ2n) is 4.63. The summed E-state index contributed by atoms with van der Waals surface area (Å²) < 4.78 is 5.23. The van der Waals surface area contributed by atoms with Crippen molar-refractivity contribution in [3.63, 3.8) is 0 Å². The molecule has 1 N–H and O–H groups in total. The zero-order valence-corrected chi connectivity index (χ0v) is 11.9. The van der Waals surface area contributed by atoms with Gasteiger partial charge in [-0.15, -0.1) is 0 Å².